The summed E-state index contributed by atoms with van der Waals surface area (Å²) in [6, 6.07) is 1.27. The minimum Gasteiger partial charge on any atom is -0.476 e. The lowest BCUT2D eigenvalue weighted by atomic mass is 10.4. The van der Waals surface area contributed by atoms with Crippen LogP contribution in [0.5, 0.6) is 0 Å². The van der Waals surface area contributed by atoms with E-state index in [1.165, 1.54) is 22.9 Å². The van der Waals surface area contributed by atoms with Crippen LogP contribution in [0.15, 0.2) is 18.5 Å². The molecular formula is C11H12FN3O3. The number of ether oxygens (including phenoxy) is 1. The first-order valence-corrected chi connectivity index (χ1v) is 5.26. The van der Waals surface area contributed by atoms with Crippen LogP contribution in [0, 0.1) is 5.82 Å². The van der Waals surface area contributed by atoms with Crippen LogP contribution in [0.2, 0.25) is 0 Å². The number of methoxy groups -OCH3 is 1. The summed E-state index contributed by atoms with van der Waals surface area (Å²) in [6.45, 7) is 0.931. The van der Waals surface area contributed by atoms with E-state index in [-0.39, 0.29) is 5.69 Å². The number of halogens is 1. The summed E-state index contributed by atoms with van der Waals surface area (Å²) in [4.78, 5) is 14.7. The maximum atomic E-state index is 13.3. The number of fused-ring (bicyclic) bond motifs is 1. The van der Waals surface area contributed by atoms with Crippen LogP contribution in [-0.4, -0.2) is 40.7 Å². The highest BCUT2D eigenvalue weighted by Crippen LogP contribution is 2.18. The first-order valence-electron chi connectivity index (χ1n) is 5.26. The third-order valence-electron chi connectivity index (χ3n) is 2.36. The van der Waals surface area contributed by atoms with Gasteiger partial charge in [-0.25, -0.2) is 14.2 Å². The van der Waals surface area contributed by atoms with Gasteiger partial charge in [-0.05, 0) is 0 Å². The van der Waals surface area contributed by atoms with Crippen molar-refractivity contribution in [3.8, 4) is 0 Å². The highest BCUT2D eigenvalue weighted by Gasteiger charge is 2.12. The molecule has 2 rings (SSSR count). The van der Waals surface area contributed by atoms with E-state index in [9.17, 15) is 9.18 Å². The molecule has 96 valence electrons. The molecule has 0 bridgehead atoms. The molecule has 0 aromatic carbocycles. The van der Waals surface area contributed by atoms with E-state index in [2.05, 4.69) is 10.3 Å². The van der Waals surface area contributed by atoms with E-state index in [4.69, 9.17) is 9.84 Å². The monoisotopic (exact) mass is 253 g/mol. The lowest BCUT2D eigenvalue weighted by molar-refractivity contribution is 0.0691. The molecule has 2 aromatic rings. The number of carbonyl (C=O) groups is 1. The minimum absolute atomic E-state index is 0.129. The number of carboxylic acids is 1. The Balaban J connectivity index is 2.40. The molecule has 2 N–H and O–H groups in total. The third-order valence-corrected chi connectivity index (χ3v) is 2.36. The van der Waals surface area contributed by atoms with E-state index in [1.54, 1.807) is 7.11 Å². The van der Waals surface area contributed by atoms with E-state index < -0.39 is 11.8 Å². The van der Waals surface area contributed by atoms with Crippen LogP contribution < -0.4 is 5.32 Å². The van der Waals surface area contributed by atoms with Crippen LogP contribution in [0.4, 0.5) is 10.1 Å². The summed E-state index contributed by atoms with van der Waals surface area (Å²) in [5.74, 6) is -1.63. The van der Waals surface area contributed by atoms with Crippen LogP contribution in [0.25, 0.3) is 5.65 Å². The van der Waals surface area contributed by atoms with Crippen molar-refractivity contribution in [2.24, 2.45) is 0 Å². The Morgan fingerprint density at radius 2 is 2.39 bits per heavy atom. The number of nitrogens with one attached hydrogen (secondary N) is 1. The molecule has 0 unspecified atom stereocenters. The van der Waals surface area contributed by atoms with Gasteiger partial charge in [0.05, 0.1) is 12.3 Å². The average Bonchev–Trinajstić information content (AvgIpc) is 2.73. The summed E-state index contributed by atoms with van der Waals surface area (Å²) < 4.78 is 19.6. The Morgan fingerprint density at radius 1 is 1.61 bits per heavy atom. The number of pyridine rings is 1. The molecule has 0 aliphatic carbocycles. The summed E-state index contributed by atoms with van der Waals surface area (Å²) >= 11 is 0. The maximum absolute atomic E-state index is 13.3. The first-order chi connectivity index (χ1) is 8.61. The summed E-state index contributed by atoms with van der Waals surface area (Å²) in [7, 11) is 1.56. The second kappa shape index (κ2) is 5.01. The number of anilines is 1. The number of carboxylic acid groups (broad SMARTS) is 1. The maximum Gasteiger partial charge on any atom is 0.356 e. The zero-order chi connectivity index (χ0) is 13.1. The Labute approximate surface area is 102 Å². The van der Waals surface area contributed by atoms with Crippen LogP contribution in [-0.2, 0) is 4.74 Å². The minimum atomic E-state index is -1.15. The molecular weight excluding hydrogens is 241 g/mol. The predicted molar refractivity (Wildman–Crippen MR) is 62.5 cm³/mol. The van der Waals surface area contributed by atoms with Crippen molar-refractivity contribution in [1.82, 2.24) is 9.38 Å². The second-order valence-electron chi connectivity index (χ2n) is 3.65. The molecule has 0 saturated heterocycles. The van der Waals surface area contributed by atoms with E-state index in [0.29, 0.717) is 24.5 Å². The lowest BCUT2D eigenvalue weighted by Crippen LogP contribution is -2.09. The van der Waals surface area contributed by atoms with E-state index in [1.807, 2.05) is 0 Å². The van der Waals surface area contributed by atoms with Crippen LogP contribution in [0.1, 0.15) is 10.5 Å². The molecule has 18 heavy (non-hydrogen) atoms. The van der Waals surface area contributed by atoms with Gasteiger partial charge < -0.3 is 19.6 Å². The number of imidazole rings is 1. The molecule has 0 amide bonds. The summed E-state index contributed by atoms with van der Waals surface area (Å²) in [5.41, 5.74) is 0.667. The fourth-order valence-electron chi connectivity index (χ4n) is 1.58. The normalized spacial score (nSPS) is 10.8. The largest absolute Gasteiger partial charge is 0.476 e. The predicted octanol–water partition coefficient (Wildman–Crippen LogP) is 1.23. The van der Waals surface area contributed by atoms with Gasteiger partial charge >= 0.3 is 5.97 Å². The van der Waals surface area contributed by atoms with Gasteiger partial charge in [-0.15, -0.1) is 0 Å². The zero-order valence-electron chi connectivity index (χ0n) is 9.68. The molecule has 0 fully saturated rings. The van der Waals surface area contributed by atoms with Gasteiger partial charge in [0, 0.05) is 32.1 Å². The number of rotatable bonds is 5. The number of hydrogen-bond donors (Lipinski definition) is 2. The van der Waals surface area contributed by atoms with Crippen LogP contribution >= 0.6 is 0 Å². The fraction of sp³-hybridized carbons (Fsp3) is 0.273. The van der Waals surface area contributed by atoms with Crippen molar-refractivity contribution < 1.29 is 19.0 Å². The number of hydrogen-bond acceptors (Lipinski definition) is 4. The number of nitrogens with zero attached hydrogens (tertiary/aromatic N) is 2. The van der Waals surface area contributed by atoms with Gasteiger partial charge in [-0.3, -0.25) is 0 Å². The van der Waals surface area contributed by atoms with Crippen molar-refractivity contribution in [1.29, 1.82) is 0 Å². The third kappa shape index (κ3) is 2.40. The van der Waals surface area contributed by atoms with E-state index in [0.717, 1.165) is 0 Å². The van der Waals surface area contributed by atoms with Gasteiger partial charge in [0.2, 0.25) is 0 Å². The molecule has 0 radical (unpaired) electrons. The smallest absolute Gasteiger partial charge is 0.356 e. The molecule has 0 saturated carbocycles. The fourth-order valence-corrected chi connectivity index (χ4v) is 1.58. The molecule has 0 spiro atoms. The van der Waals surface area contributed by atoms with Gasteiger partial charge in [-0.1, -0.05) is 0 Å². The quantitative estimate of drug-likeness (QED) is 0.784. The molecule has 0 aliphatic rings. The van der Waals surface area contributed by atoms with Gasteiger partial charge in [0.15, 0.2) is 11.3 Å². The highest BCUT2D eigenvalue weighted by molar-refractivity contribution is 5.87. The van der Waals surface area contributed by atoms with Gasteiger partial charge in [0.25, 0.3) is 0 Å². The topological polar surface area (TPSA) is 75.9 Å². The average molecular weight is 253 g/mol. The van der Waals surface area contributed by atoms with Crippen molar-refractivity contribution in [2.75, 3.05) is 25.6 Å². The SMILES string of the molecule is COCCNc1cc(F)cn2cc(C(=O)O)nc12. The van der Waals surface area contributed by atoms with Gasteiger partial charge in [0.1, 0.15) is 5.82 Å². The Hall–Kier alpha value is -2.15. The Morgan fingerprint density at radius 3 is 3.06 bits per heavy atom. The highest BCUT2D eigenvalue weighted by atomic mass is 19.1. The first kappa shape index (κ1) is 12.3. The van der Waals surface area contributed by atoms with Crippen molar-refractivity contribution in [2.45, 2.75) is 0 Å². The molecule has 0 atom stereocenters. The number of aromatic nitrogens is 2. The molecule has 6 nitrogen and oxygen atoms in total. The molecule has 0 aliphatic heterocycles. The zero-order valence-corrected chi connectivity index (χ0v) is 9.68. The van der Waals surface area contributed by atoms with Gasteiger partial charge in [-0.2, -0.15) is 0 Å². The molecule has 2 aromatic heterocycles. The van der Waals surface area contributed by atoms with Crippen molar-refractivity contribution in [3.63, 3.8) is 0 Å². The Kier molecular flexibility index (Phi) is 3.42. The summed E-state index contributed by atoms with van der Waals surface area (Å²) in [6.07, 6.45) is 2.44. The van der Waals surface area contributed by atoms with Crippen LogP contribution in [0.3, 0.4) is 0 Å². The standard InChI is InChI=1S/C11H12FN3O3/c1-18-3-2-13-8-4-7(12)5-15-6-9(11(16)17)14-10(8)15/h4-6,13H,2-3H2,1H3,(H,16,17). The number of aromatic carboxylic acids is 1. The van der Waals surface area contributed by atoms with E-state index >= 15 is 0 Å². The molecule has 7 heteroatoms. The second-order valence-corrected chi connectivity index (χ2v) is 3.65. The lowest BCUT2D eigenvalue weighted by Gasteiger charge is -2.07. The van der Waals surface area contributed by atoms with Crippen molar-refractivity contribution >= 4 is 17.3 Å². The Bertz CT molecular complexity index is 582. The van der Waals surface area contributed by atoms with Crippen molar-refractivity contribution in [3.05, 3.63) is 30.0 Å². The summed E-state index contributed by atoms with van der Waals surface area (Å²) in [5, 5.41) is 11.8. The molecule has 2 heterocycles.